The van der Waals surface area contributed by atoms with Crippen molar-refractivity contribution in [2.45, 2.75) is 19.3 Å². The average molecular weight is 359 g/mol. The number of halogens is 1. The Labute approximate surface area is 121 Å². The van der Waals surface area contributed by atoms with E-state index < -0.39 is 0 Å². The Kier molecular flexibility index (Phi) is 5.00. The highest BCUT2D eigenvalue weighted by Crippen LogP contribution is 2.22. The fourth-order valence-electron chi connectivity index (χ4n) is 2.47. The minimum atomic E-state index is 0.127. The number of hydrogen-bond acceptors (Lipinski definition) is 2. The van der Waals surface area contributed by atoms with Gasteiger partial charge < -0.3 is 10.0 Å². The van der Waals surface area contributed by atoms with Crippen LogP contribution >= 0.6 is 22.6 Å². The Bertz CT molecular complexity index is 420. The highest BCUT2D eigenvalue weighted by atomic mass is 127. The third-order valence-corrected chi connectivity index (χ3v) is 4.39. The molecule has 0 bridgehead atoms. The molecule has 1 aromatic rings. The molecule has 1 heterocycles. The van der Waals surface area contributed by atoms with Gasteiger partial charge >= 0.3 is 0 Å². The first-order valence-corrected chi connectivity index (χ1v) is 7.45. The van der Waals surface area contributed by atoms with Gasteiger partial charge in [-0.25, -0.2) is 0 Å². The number of carbonyl (C=O) groups is 1. The number of likely N-dealkylation sites (tertiary alicyclic amines) is 1. The van der Waals surface area contributed by atoms with Crippen LogP contribution in [0.5, 0.6) is 0 Å². The highest BCUT2D eigenvalue weighted by Gasteiger charge is 2.24. The topological polar surface area (TPSA) is 40.5 Å². The van der Waals surface area contributed by atoms with E-state index in [1.54, 1.807) is 0 Å². The first kappa shape index (κ1) is 13.8. The number of carbonyl (C=O) groups excluding carboxylic acids is 1. The Morgan fingerprint density at radius 1 is 1.44 bits per heavy atom. The van der Waals surface area contributed by atoms with Crippen LogP contribution in [0, 0.1) is 9.49 Å². The van der Waals surface area contributed by atoms with Crippen molar-refractivity contribution in [3.05, 3.63) is 33.4 Å². The van der Waals surface area contributed by atoms with Crippen molar-refractivity contribution in [1.82, 2.24) is 4.90 Å². The molecule has 3 nitrogen and oxygen atoms in total. The van der Waals surface area contributed by atoms with E-state index in [2.05, 4.69) is 22.6 Å². The summed E-state index contributed by atoms with van der Waals surface area (Å²) in [5.41, 5.74) is 0.794. The predicted octanol–water partition coefficient (Wildman–Crippen LogP) is 2.53. The number of aliphatic hydroxyl groups excluding tert-OH is 1. The van der Waals surface area contributed by atoms with Crippen LogP contribution in [0.1, 0.15) is 29.6 Å². The van der Waals surface area contributed by atoms with Crippen LogP contribution in [0.2, 0.25) is 0 Å². The summed E-state index contributed by atoms with van der Waals surface area (Å²) in [5, 5.41) is 9.00. The smallest absolute Gasteiger partial charge is 0.254 e. The number of amides is 1. The van der Waals surface area contributed by atoms with Crippen molar-refractivity contribution < 1.29 is 9.90 Å². The summed E-state index contributed by atoms with van der Waals surface area (Å²) in [6.45, 7) is 1.84. The fourth-order valence-corrected chi connectivity index (χ4v) is 3.09. The third-order valence-electron chi connectivity index (χ3n) is 3.45. The molecule has 1 atom stereocenters. The molecule has 1 N–H and O–H groups in total. The van der Waals surface area contributed by atoms with Gasteiger partial charge in [-0.05, 0) is 59.9 Å². The zero-order valence-electron chi connectivity index (χ0n) is 10.3. The summed E-state index contributed by atoms with van der Waals surface area (Å²) < 4.78 is 1.00. The van der Waals surface area contributed by atoms with E-state index in [0.29, 0.717) is 5.92 Å². The maximum atomic E-state index is 12.4. The monoisotopic (exact) mass is 359 g/mol. The number of nitrogens with zero attached hydrogens (tertiary/aromatic N) is 1. The molecule has 0 aromatic heterocycles. The van der Waals surface area contributed by atoms with E-state index in [1.807, 2.05) is 29.2 Å². The van der Waals surface area contributed by atoms with Gasteiger partial charge in [-0.15, -0.1) is 0 Å². The zero-order valence-corrected chi connectivity index (χ0v) is 12.5. The number of hydrogen-bond donors (Lipinski definition) is 1. The lowest BCUT2D eigenvalue weighted by Crippen LogP contribution is -2.40. The molecule has 1 unspecified atom stereocenters. The Balaban J connectivity index is 2.07. The van der Waals surface area contributed by atoms with Crippen LogP contribution in [0.15, 0.2) is 24.3 Å². The molecule has 4 heteroatoms. The van der Waals surface area contributed by atoms with Gasteiger partial charge in [0.2, 0.25) is 0 Å². The maximum absolute atomic E-state index is 12.4. The highest BCUT2D eigenvalue weighted by molar-refractivity contribution is 14.1. The van der Waals surface area contributed by atoms with Crippen LogP contribution < -0.4 is 0 Å². The van der Waals surface area contributed by atoms with E-state index in [9.17, 15) is 4.79 Å². The van der Waals surface area contributed by atoms with E-state index >= 15 is 0 Å². The molecular weight excluding hydrogens is 341 g/mol. The van der Waals surface area contributed by atoms with Gasteiger partial charge in [0, 0.05) is 23.3 Å². The summed E-state index contributed by atoms with van der Waals surface area (Å²) in [6.07, 6.45) is 2.96. The summed E-state index contributed by atoms with van der Waals surface area (Å²) >= 11 is 2.21. The molecule has 0 radical (unpaired) electrons. The summed E-state index contributed by atoms with van der Waals surface area (Å²) in [7, 11) is 0. The number of benzene rings is 1. The lowest BCUT2D eigenvalue weighted by Gasteiger charge is -2.32. The van der Waals surface area contributed by atoms with Crippen LogP contribution in [-0.4, -0.2) is 35.6 Å². The Hall–Kier alpha value is -0.620. The molecular formula is C14H18INO2. The Morgan fingerprint density at radius 3 is 2.94 bits per heavy atom. The van der Waals surface area contributed by atoms with Crippen LogP contribution in [0.4, 0.5) is 0 Å². The molecule has 1 aliphatic heterocycles. The van der Waals surface area contributed by atoms with Gasteiger partial charge in [0.1, 0.15) is 0 Å². The normalized spacial score (nSPS) is 19.9. The minimum absolute atomic E-state index is 0.127. The van der Waals surface area contributed by atoms with Crippen molar-refractivity contribution in [1.29, 1.82) is 0 Å². The minimum Gasteiger partial charge on any atom is -0.396 e. The Morgan fingerprint density at radius 2 is 2.22 bits per heavy atom. The average Bonchev–Trinajstić information content (AvgIpc) is 2.39. The number of rotatable bonds is 3. The van der Waals surface area contributed by atoms with Crippen molar-refractivity contribution >= 4 is 28.5 Å². The van der Waals surface area contributed by atoms with Crippen molar-refractivity contribution in [3.63, 3.8) is 0 Å². The van der Waals surface area contributed by atoms with E-state index in [-0.39, 0.29) is 12.5 Å². The SMILES string of the molecule is O=C(c1ccccc1I)N1CCCC(CCO)C1. The van der Waals surface area contributed by atoms with Gasteiger partial charge in [-0.2, -0.15) is 0 Å². The van der Waals surface area contributed by atoms with Gasteiger partial charge in [-0.1, -0.05) is 12.1 Å². The van der Waals surface area contributed by atoms with Gasteiger partial charge in [-0.3, -0.25) is 4.79 Å². The maximum Gasteiger partial charge on any atom is 0.254 e. The summed E-state index contributed by atoms with van der Waals surface area (Å²) in [5.74, 6) is 0.580. The van der Waals surface area contributed by atoms with Crippen LogP contribution in [0.25, 0.3) is 0 Å². The quantitative estimate of drug-likeness (QED) is 0.843. The molecule has 1 aliphatic rings. The van der Waals surface area contributed by atoms with E-state index in [0.717, 1.165) is 41.5 Å². The molecule has 1 amide bonds. The van der Waals surface area contributed by atoms with Gasteiger partial charge in [0.15, 0.2) is 0 Å². The fraction of sp³-hybridized carbons (Fsp3) is 0.500. The lowest BCUT2D eigenvalue weighted by molar-refractivity contribution is 0.0652. The predicted molar refractivity (Wildman–Crippen MR) is 79.5 cm³/mol. The molecule has 18 heavy (non-hydrogen) atoms. The van der Waals surface area contributed by atoms with Gasteiger partial charge in [0.25, 0.3) is 5.91 Å². The molecule has 0 spiro atoms. The second-order valence-corrected chi connectivity index (χ2v) is 5.91. The van der Waals surface area contributed by atoms with Crippen molar-refractivity contribution in [2.24, 2.45) is 5.92 Å². The number of aliphatic hydroxyl groups is 1. The molecule has 0 aliphatic carbocycles. The molecule has 98 valence electrons. The van der Waals surface area contributed by atoms with Crippen LogP contribution in [0.3, 0.4) is 0 Å². The van der Waals surface area contributed by atoms with Crippen molar-refractivity contribution in [3.8, 4) is 0 Å². The van der Waals surface area contributed by atoms with Crippen molar-refractivity contribution in [2.75, 3.05) is 19.7 Å². The summed E-state index contributed by atoms with van der Waals surface area (Å²) in [6, 6.07) is 7.70. The third kappa shape index (κ3) is 3.23. The second-order valence-electron chi connectivity index (χ2n) is 4.75. The molecule has 1 saturated heterocycles. The van der Waals surface area contributed by atoms with E-state index in [1.165, 1.54) is 0 Å². The number of piperidine rings is 1. The molecule has 1 aromatic carbocycles. The standard InChI is InChI=1S/C14H18INO2/c15-13-6-2-1-5-12(13)14(18)16-8-3-4-11(10-16)7-9-17/h1-2,5-6,11,17H,3-4,7-10H2. The van der Waals surface area contributed by atoms with Crippen LogP contribution in [-0.2, 0) is 0 Å². The second kappa shape index (κ2) is 6.52. The summed E-state index contributed by atoms with van der Waals surface area (Å²) in [4.78, 5) is 14.4. The molecule has 0 saturated carbocycles. The molecule has 1 fully saturated rings. The zero-order chi connectivity index (χ0) is 13.0. The van der Waals surface area contributed by atoms with Gasteiger partial charge in [0.05, 0.1) is 5.56 Å². The first-order valence-electron chi connectivity index (χ1n) is 6.37. The first-order chi connectivity index (χ1) is 8.72. The lowest BCUT2D eigenvalue weighted by atomic mass is 9.94. The van der Waals surface area contributed by atoms with E-state index in [4.69, 9.17) is 5.11 Å². The molecule has 2 rings (SSSR count). The largest absolute Gasteiger partial charge is 0.396 e.